The third-order valence-corrected chi connectivity index (χ3v) is 8.00. The van der Waals surface area contributed by atoms with Gasteiger partial charge in [0.1, 0.15) is 11.9 Å². The predicted octanol–water partition coefficient (Wildman–Crippen LogP) is 5.76. The summed E-state index contributed by atoms with van der Waals surface area (Å²) in [6.45, 7) is 5.71. The first kappa shape index (κ1) is 30.1. The first-order valence-corrected chi connectivity index (χ1v) is 14.8. The molecule has 0 spiro atoms. The van der Waals surface area contributed by atoms with E-state index in [-0.39, 0.29) is 43.0 Å². The quantitative estimate of drug-likeness (QED) is 0.246. The minimum atomic E-state index is -0.379. The summed E-state index contributed by atoms with van der Waals surface area (Å²) >= 11 is 0. The molecule has 4 aromatic carbocycles. The number of nitrogens with one attached hydrogen (secondary N) is 2. The number of carbonyl (C=O) groups excluding carboxylic acids is 2. The van der Waals surface area contributed by atoms with Crippen LogP contribution in [0.1, 0.15) is 25.0 Å². The number of fused-ring (bicyclic) bond motifs is 2. The van der Waals surface area contributed by atoms with Crippen LogP contribution in [0.15, 0.2) is 91.0 Å². The second kappa shape index (κ2) is 13.7. The standard InChI is InChI=1S/C35H40N4O4/c1-24-20-39(25(2)23-40)34(41)19-28-18-29(36-35(42)37-31-15-9-13-27-12-7-8-14-30(27)31)16-17-32(28)43-33(24)22-38(3)21-26-10-5-4-6-11-26/h4-18,24-25,33,40H,19-23H2,1-3H3,(H2,36,37,42)/t24-,25+,33+/m0/s1. The van der Waals surface area contributed by atoms with Gasteiger partial charge in [-0.1, -0.05) is 73.7 Å². The van der Waals surface area contributed by atoms with Crippen LogP contribution in [-0.4, -0.2) is 65.7 Å². The lowest BCUT2D eigenvalue weighted by Gasteiger charge is -2.34. The summed E-state index contributed by atoms with van der Waals surface area (Å²) in [4.78, 5) is 30.5. The van der Waals surface area contributed by atoms with Crippen LogP contribution >= 0.6 is 0 Å². The van der Waals surface area contributed by atoms with Crippen LogP contribution in [-0.2, 0) is 17.8 Å². The maximum Gasteiger partial charge on any atom is 0.323 e. The normalized spacial score (nSPS) is 17.8. The van der Waals surface area contributed by atoms with Gasteiger partial charge in [-0.15, -0.1) is 0 Å². The van der Waals surface area contributed by atoms with E-state index in [1.807, 2.05) is 73.7 Å². The van der Waals surface area contributed by atoms with E-state index in [0.29, 0.717) is 35.8 Å². The molecule has 5 rings (SSSR count). The van der Waals surface area contributed by atoms with E-state index in [9.17, 15) is 14.7 Å². The van der Waals surface area contributed by atoms with Crippen LogP contribution in [0.3, 0.4) is 0 Å². The summed E-state index contributed by atoms with van der Waals surface area (Å²) in [5, 5.41) is 17.8. The fourth-order valence-corrected chi connectivity index (χ4v) is 5.61. The Kier molecular flexibility index (Phi) is 9.59. The molecule has 1 aliphatic heterocycles. The number of nitrogens with zero attached hydrogens (tertiary/aromatic N) is 2. The number of anilines is 2. The van der Waals surface area contributed by atoms with Gasteiger partial charge in [-0.25, -0.2) is 4.79 Å². The number of amides is 3. The average molecular weight is 581 g/mol. The van der Waals surface area contributed by atoms with Gasteiger partial charge >= 0.3 is 6.03 Å². The molecule has 224 valence electrons. The fraction of sp³-hybridized carbons (Fsp3) is 0.314. The second-order valence-electron chi connectivity index (χ2n) is 11.5. The predicted molar refractivity (Wildman–Crippen MR) is 171 cm³/mol. The van der Waals surface area contributed by atoms with Crippen LogP contribution in [0.25, 0.3) is 10.8 Å². The average Bonchev–Trinajstić information content (AvgIpc) is 3.04. The number of urea groups is 1. The first-order valence-electron chi connectivity index (χ1n) is 14.8. The molecule has 0 unspecified atom stereocenters. The number of carbonyl (C=O) groups is 2. The number of aliphatic hydroxyl groups excluding tert-OH is 1. The monoisotopic (exact) mass is 580 g/mol. The maximum atomic E-state index is 13.5. The van der Waals surface area contributed by atoms with E-state index >= 15 is 0 Å². The molecular formula is C35H40N4O4. The smallest absolute Gasteiger partial charge is 0.323 e. The zero-order chi connectivity index (χ0) is 30.3. The number of benzene rings is 4. The lowest BCUT2D eigenvalue weighted by atomic mass is 10.0. The molecule has 3 amide bonds. The van der Waals surface area contributed by atoms with Crippen molar-refractivity contribution in [1.29, 1.82) is 0 Å². The number of rotatable bonds is 8. The summed E-state index contributed by atoms with van der Waals surface area (Å²) in [7, 11) is 2.07. The van der Waals surface area contributed by atoms with E-state index in [0.717, 1.165) is 17.3 Å². The third-order valence-electron chi connectivity index (χ3n) is 8.00. The van der Waals surface area contributed by atoms with Gasteiger partial charge in [-0.2, -0.15) is 0 Å². The van der Waals surface area contributed by atoms with Crippen molar-refractivity contribution in [2.24, 2.45) is 5.92 Å². The minimum absolute atomic E-state index is 0.00592. The zero-order valence-corrected chi connectivity index (χ0v) is 25.0. The lowest BCUT2D eigenvalue weighted by molar-refractivity contribution is -0.134. The van der Waals surface area contributed by atoms with Crippen LogP contribution < -0.4 is 15.4 Å². The minimum Gasteiger partial charge on any atom is -0.488 e. The third kappa shape index (κ3) is 7.52. The van der Waals surface area contributed by atoms with Gasteiger partial charge in [-0.05, 0) is 49.2 Å². The number of likely N-dealkylation sites (N-methyl/N-ethyl adjacent to an activating group) is 1. The Balaban J connectivity index is 1.37. The Hall–Kier alpha value is -4.40. The highest BCUT2D eigenvalue weighted by Crippen LogP contribution is 2.30. The summed E-state index contributed by atoms with van der Waals surface area (Å²) in [6, 6.07) is 28.7. The van der Waals surface area contributed by atoms with Crippen molar-refractivity contribution < 1.29 is 19.4 Å². The van der Waals surface area contributed by atoms with Gasteiger partial charge in [0.15, 0.2) is 0 Å². The van der Waals surface area contributed by atoms with E-state index < -0.39 is 0 Å². The molecule has 0 saturated carbocycles. The largest absolute Gasteiger partial charge is 0.488 e. The molecule has 1 aliphatic rings. The van der Waals surface area contributed by atoms with Gasteiger partial charge < -0.3 is 25.4 Å². The van der Waals surface area contributed by atoms with E-state index in [2.05, 4.69) is 41.6 Å². The van der Waals surface area contributed by atoms with Gasteiger partial charge in [0.05, 0.1) is 24.8 Å². The SMILES string of the molecule is C[C@H](CO)N1C[C@H](C)[C@@H](CN(C)Cc2ccccc2)Oc2ccc(NC(=O)Nc3cccc4ccccc34)cc2CC1=O. The Bertz CT molecular complexity index is 1560. The summed E-state index contributed by atoms with van der Waals surface area (Å²) in [6.07, 6.45) is -0.111. The van der Waals surface area contributed by atoms with Crippen LogP contribution in [0, 0.1) is 5.92 Å². The topological polar surface area (TPSA) is 94.1 Å². The van der Waals surface area contributed by atoms with Crippen molar-refractivity contribution in [3.8, 4) is 5.75 Å². The molecule has 1 heterocycles. The Morgan fingerprint density at radius 2 is 1.77 bits per heavy atom. The van der Waals surface area contributed by atoms with Crippen molar-refractivity contribution in [2.45, 2.75) is 39.0 Å². The Labute approximate surface area is 253 Å². The molecule has 43 heavy (non-hydrogen) atoms. The van der Waals surface area contributed by atoms with Crippen molar-refractivity contribution in [3.05, 3.63) is 102 Å². The second-order valence-corrected chi connectivity index (χ2v) is 11.5. The molecule has 4 aromatic rings. The van der Waals surface area contributed by atoms with Crippen LogP contribution in [0.2, 0.25) is 0 Å². The number of aliphatic hydroxyl groups is 1. The number of ether oxygens (including phenoxy) is 1. The molecule has 8 heteroatoms. The first-order chi connectivity index (χ1) is 20.8. The molecule has 3 N–H and O–H groups in total. The zero-order valence-electron chi connectivity index (χ0n) is 25.0. The summed E-state index contributed by atoms with van der Waals surface area (Å²) < 4.78 is 6.64. The van der Waals surface area contributed by atoms with Crippen molar-refractivity contribution >= 4 is 34.1 Å². The maximum absolute atomic E-state index is 13.5. The molecule has 0 saturated heterocycles. The molecule has 3 atom stereocenters. The highest BCUT2D eigenvalue weighted by molar-refractivity contribution is 6.06. The van der Waals surface area contributed by atoms with E-state index in [1.54, 1.807) is 17.0 Å². The van der Waals surface area contributed by atoms with Gasteiger partial charge in [0, 0.05) is 42.2 Å². The van der Waals surface area contributed by atoms with Crippen LogP contribution in [0.4, 0.5) is 16.2 Å². The number of hydrogen-bond acceptors (Lipinski definition) is 5. The Morgan fingerprint density at radius 1 is 1.02 bits per heavy atom. The van der Waals surface area contributed by atoms with Crippen molar-refractivity contribution in [3.63, 3.8) is 0 Å². The summed E-state index contributed by atoms with van der Waals surface area (Å²) in [5.41, 5.74) is 3.17. The molecule has 0 fully saturated rings. The lowest BCUT2D eigenvalue weighted by Crippen LogP contribution is -2.47. The van der Waals surface area contributed by atoms with E-state index in [4.69, 9.17) is 4.74 Å². The molecule has 0 aliphatic carbocycles. The molecule has 0 bridgehead atoms. The highest BCUT2D eigenvalue weighted by Gasteiger charge is 2.31. The Morgan fingerprint density at radius 3 is 2.56 bits per heavy atom. The molecule has 8 nitrogen and oxygen atoms in total. The highest BCUT2D eigenvalue weighted by atomic mass is 16.5. The van der Waals surface area contributed by atoms with Gasteiger partial charge in [-0.3, -0.25) is 9.69 Å². The molecular weight excluding hydrogens is 540 g/mol. The fourth-order valence-electron chi connectivity index (χ4n) is 5.61. The number of hydrogen-bond donors (Lipinski definition) is 3. The molecule has 0 aromatic heterocycles. The van der Waals surface area contributed by atoms with Gasteiger partial charge in [0.2, 0.25) is 5.91 Å². The van der Waals surface area contributed by atoms with Crippen molar-refractivity contribution in [1.82, 2.24) is 9.80 Å². The van der Waals surface area contributed by atoms with Crippen molar-refractivity contribution in [2.75, 3.05) is 37.4 Å². The molecule has 0 radical (unpaired) electrons. The van der Waals surface area contributed by atoms with Crippen LogP contribution in [0.5, 0.6) is 5.75 Å². The van der Waals surface area contributed by atoms with Gasteiger partial charge in [0.25, 0.3) is 0 Å². The van der Waals surface area contributed by atoms with E-state index in [1.165, 1.54) is 5.56 Å². The summed E-state index contributed by atoms with van der Waals surface area (Å²) in [5.74, 6) is 0.539.